The summed E-state index contributed by atoms with van der Waals surface area (Å²) < 4.78 is 0. The van der Waals surface area contributed by atoms with Crippen LogP contribution in [0.2, 0.25) is 0 Å². The molecule has 0 aliphatic heterocycles. The van der Waals surface area contributed by atoms with Gasteiger partial charge in [0, 0.05) is 14.1 Å². The molecule has 0 aliphatic carbocycles. The van der Waals surface area contributed by atoms with Gasteiger partial charge in [-0.25, -0.2) is 0 Å². The SMILES string of the molecule is CN(C)C(=S)c1cccc(C=O)c1O. The van der Waals surface area contributed by atoms with E-state index in [1.807, 2.05) is 0 Å². The largest absolute Gasteiger partial charge is 0.506 e. The van der Waals surface area contributed by atoms with E-state index in [1.54, 1.807) is 37.2 Å². The van der Waals surface area contributed by atoms with E-state index >= 15 is 0 Å². The molecule has 0 spiro atoms. The quantitative estimate of drug-likeness (QED) is 0.591. The number of aromatic hydroxyl groups is 1. The van der Waals surface area contributed by atoms with Crippen LogP contribution in [0.3, 0.4) is 0 Å². The van der Waals surface area contributed by atoms with E-state index in [0.29, 0.717) is 16.8 Å². The zero-order valence-electron chi connectivity index (χ0n) is 8.02. The van der Waals surface area contributed by atoms with Gasteiger partial charge >= 0.3 is 0 Å². The highest BCUT2D eigenvalue weighted by molar-refractivity contribution is 7.80. The normalized spacial score (nSPS) is 9.57. The second-order valence-electron chi connectivity index (χ2n) is 3.06. The summed E-state index contributed by atoms with van der Waals surface area (Å²) in [4.78, 5) is 12.8. The van der Waals surface area contributed by atoms with Gasteiger partial charge in [-0.15, -0.1) is 0 Å². The molecule has 0 radical (unpaired) electrons. The summed E-state index contributed by atoms with van der Waals surface area (Å²) in [5.74, 6) is -0.0544. The monoisotopic (exact) mass is 209 g/mol. The first-order valence-electron chi connectivity index (χ1n) is 4.06. The van der Waals surface area contributed by atoms with Crippen LogP contribution in [0.15, 0.2) is 18.2 Å². The molecule has 0 aromatic heterocycles. The molecule has 0 heterocycles. The van der Waals surface area contributed by atoms with E-state index in [4.69, 9.17) is 12.2 Å². The maximum Gasteiger partial charge on any atom is 0.153 e. The highest BCUT2D eigenvalue weighted by atomic mass is 32.1. The second-order valence-corrected chi connectivity index (χ2v) is 3.45. The predicted molar refractivity (Wildman–Crippen MR) is 58.9 cm³/mol. The topological polar surface area (TPSA) is 40.5 Å². The average Bonchev–Trinajstić information content (AvgIpc) is 2.17. The molecule has 74 valence electrons. The van der Waals surface area contributed by atoms with E-state index in [0.717, 1.165) is 0 Å². The molecule has 0 saturated heterocycles. The van der Waals surface area contributed by atoms with Crippen molar-refractivity contribution in [2.75, 3.05) is 14.1 Å². The molecule has 0 saturated carbocycles. The van der Waals surface area contributed by atoms with Crippen molar-refractivity contribution in [1.82, 2.24) is 4.90 Å². The Morgan fingerprint density at radius 1 is 1.50 bits per heavy atom. The van der Waals surface area contributed by atoms with Crippen molar-refractivity contribution < 1.29 is 9.90 Å². The standard InChI is InChI=1S/C10H11NO2S/c1-11(2)10(14)8-5-3-4-7(6-12)9(8)13/h3-6,13H,1-2H3. The molecular formula is C10H11NO2S. The van der Waals surface area contributed by atoms with Gasteiger partial charge in [0.2, 0.25) is 0 Å². The Bertz CT molecular complexity index is 374. The van der Waals surface area contributed by atoms with Crippen LogP contribution in [0.1, 0.15) is 15.9 Å². The Kier molecular flexibility index (Phi) is 3.19. The number of phenolic OH excluding ortho intramolecular Hbond substituents is 1. The first-order chi connectivity index (χ1) is 6.57. The van der Waals surface area contributed by atoms with Crippen molar-refractivity contribution in [2.45, 2.75) is 0 Å². The summed E-state index contributed by atoms with van der Waals surface area (Å²) in [6, 6.07) is 4.92. The highest BCUT2D eigenvalue weighted by Crippen LogP contribution is 2.22. The molecule has 1 aromatic carbocycles. The number of phenols is 1. The number of hydrogen-bond acceptors (Lipinski definition) is 3. The maximum atomic E-state index is 10.6. The molecule has 4 heteroatoms. The summed E-state index contributed by atoms with van der Waals surface area (Å²) in [7, 11) is 3.57. The summed E-state index contributed by atoms with van der Waals surface area (Å²) in [5, 5.41) is 9.66. The molecular weight excluding hydrogens is 198 g/mol. The number of benzene rings is 1. The van der Waals surface area contributed by atoms with Crippen LogP contribution < -0.4 is 0 Å². The van der Waals surface area contributed by atoms with E-state index < -0.39 is 0 Å². The summed E-state index contributed by atoms with van der Waals surface area (Å²) in [6.07, 6.45) is 0.608. The Labute approximate surface area is 88.0 Å². The Morgan fingerprint density at radius 2 is 2.14 bits per heavy atom. The molecule has 14 heavy (non-hydrogen) atoms. The third kappa shape index (κ3) is 1.90. The lowest BCUT2D eigenvalue weighted by atomic mass is 10.1. The van der Waals surface area contributed by atoms with Crippen LogP contribution in [-0.4, -0.2) is 35.4 Å². The number of rotatable bonds is 2. The third-order valence-electron chi connectivity index (χ3n) is 1.83. The minimum atomic E-state index is -0.0544. The average molecular weight is 209 g/mol. The van der Waals surface area contributed by atoms with E-state index in [9.17, 15) is 9.90 Å². The Balaban J connectivity index is 3.22. The molecule has 0 bridgehead atoms. The molecule has 0 aliphatic rings. The number of carbonyl (C=O) groups excluding carboxylic acids is 1. The summed E-state index contributed by atoms with van der Waals surface area (Å²) >= 11 is 5.09. The molecule has 0 atom stereocenters. The van der Waals surface area contributed by atoms with Crippen LogP contribution in [0.5, 0.6) is 5.75 Å². The van der Waals surface area contributed by atoms with Crippen molar-refractivity contribution in [2.24, 2.45) is 0 Å². The molecule has 1 N–H and O–H groups in total. The van der Waals surface area contributed by atoms with Crippen LogP contribution in [0.4, 0.5) is 0 Å². The minimum Gasteiger partial charge on any atom is -0.506 e. The second kappa shape index (κ2) is 4.19. The summed E-state index contributed by atoms with van der Waals surface area (Å²) in [5.41, 5.74) is 0.765. The van der Waals surface area contributed by atoms with Gasteiger partial charge in [0.05, 0.1) is 11.1 Å². The molecule has 3 nitrogen and oxygen atoms in total. The van der Waals surface area contributed by atoms with Gasteiger partial charge in [0.1, 0.15) is 10.7 Å². The van der Waals surface area contributed by atoms with Crippen molar-refractivity contribution >= 4 is 23.5 Å². The van der Waals surface area contributed by atoms with E-state index in [2.05, 4.69) is 0 Å². The zero-order valence-corrected chi connectivity index (χ0v) is 8.84. The molecule has 0 amide bonds. The zero-order chi connectivity index (χ0) is 10.7. The molecule has 1 rings (SSSR count). The predicted octanol–water partition coefficient (Wildman–Crippen LogP) is 1.44. The first kappa shape index (κ1) is 10.7. The van der Waals surface area contributed by atoms with Gasteiger partial charge in [-0.3, -0.25) is 4.79 Å². The fourth-order valence-corrected chi connectivity index (χ4v) is 1.23. The lowest BCUT2D eigenvalue weighted by Gasteiger charge is -2.15. The van der Waals surface area contributed by atoms with Crippen LogP contribution >= 0.6 is 12.2 Å². The molecule has 0 fully saturated rings. The Hall–Kier alpha value is -1.42. The van der Waals surface area contributed by atoms with Gasteiger partial charge in [-0.1, -0.05) is 18.3 Å². The van der Waals surface area contributed by atoms with Gasteiger partial charge < -0.3 is 10.0 Å². The molecule has 1 aromatic rings. The number of carbonyl (C=O) groups is 1. The van der Waals surface area contributed by atoms with Gasteiger partial charge in [-0.2, -0.15) is 0 Å². The van der Waals surface area contributed by atoms with Crippen molar-refractivity contribution in [3.05, 3.63) is 29.3 Å². The van der Waals surface area contributed by atoms with Gasteiger partial charge in [0.25, 0.3) is 0 Å². The van der Waals surface area contributed by atoms with Crippen molar-refractivity contribution in [3.8, 4) is 5.75 Å². The number of aldehydes is 1. The smallest absolute Gasteiger partial charge is 0.153 e. The van der Waals surface area contributed by atoms with Crippen molar-refractivity contribution in [1.29, 1.82) is 0 Å². The number of nitrogens with zero attached hydrogens (tertiary/aromatic N) is 1. The maximum absolute atomic E-state index is 10.6. The van der Waals surface area contributed by atoms with Crippen LogP contribution in [0.25, 0.3) is 0 Å². The Morgan fingerprint density at radius 3 is 2.64 bits per heavy atom. The molecule has 0 unspecified atom stereocenters. The number of para-hydroxylation sites is 1. The minimum absolute atomic E-state index is 0.0544. The van der Waals surface area contributed by atoms with Gasteiger partial charge in [-0.05, 0) is 12.1 Å². The fraction of sp³-hybridized carbons (Fsp3) is 0.200. The van der Waals surface area contributed by atoms with Crippen molar-refractivity contribution in [3.63, 3.8) is 0 Å². The highest BCUT2D eigenvalue weighted by Gasteiger charge is 2.11. The van der Waals surface area contributed by atoms with Gasteiger partial charge in [0.15, 0.2) is 6.29 Å². The lowest BCUT2D eigenvalue weighted by Crippen LogP contribution is -2.20. The van der Waals surface area contributed by atoms with E-state index in [1.165, 1.54) is 0 Å². The lowest BCUT2D eigenvalue weighted by molar-refractivity contribution is 0.112. The van der Waals surface area contributed by atoms with E-state index in [-0.39, 0.29) is 11.3 Å². The first-order valence-corrected chi connectivity index (χ1v) is 4.47. The number of thiocarbonyl (C=S) groups is 1. The fourth-order valence-electron chi connectivity index (χ4n) is 1.07. The summed E-state index contributed by atoms with van der Waals surface area (Å²) in [6.45, 7) is 0. The van der Waals surface area contributed by atoms with Crippen LogP contribution in [0, 0.1) is 0 Å². The number of hydrogen-bond donors (Lipinski definition) is 1. The third-order valence-corrected chi connectivity index (χ3v) is 2.42. The van der Waals surface area contributed by atoms with Crippen LogP contribution in [-0.2, 0) is 0 Å².